The predicted octanol–water partition coefficient (Wildman–Crippen LogP) is 3.16. The second-order valence-electron chi connectivity index (χ2n) is 2.44. The average Bonchev–Trinajstić information content (AvgIpc) is 1.82. The quantitative estimate of drug-likeness (QED) is 0.643. The summed E-state index contributed by atoms with van der Waals surface area (Å²) in [6.45, 7) is 4.50. The Labute approximate surface area is 70.9 Å². The van der Waals surface area contributed by atoms with Crippen molar-refractivity contribution in [3.8, 4) is 0 Å². The van der Waals surface area contributed by atoms with E-state index in [-0.39, 0.29) is 0 Å². The van der Waals surface area contributed by atoms with Gasteiger partial charge in [-0.15, -0.1) is 0 Å². The van der Waals surface area contributed by atoms with Crippen molar-refractivity contribution in [2.45, 2.75) is 25.1 Å². The van der Waals surface area contributed by atoms with Crippen LogP contribution in [0.4, 0.5) is 0 Å². The average molecular weight is 211 g/mol. The largest absolute Gasteiger partial charge is 0.165 e. The van der Waals surface area contributed by atoms with E-state index in [2.05, 4.69) is 36.0 Å². The second-order valence-corrected chi connectivity index (χ2v) is 4.87. The fourth-order valence-corrected chi connectivity index (χ4v) is 1.41. The lowest BCUT2D eigenvalue weighted by Gasteiger charge is -2.11. The molecule has 0 nitrogen and oxygen atoms in total. The number of alkyl halides is 1. The number of hydrogen-bond acceptors (Lipinski definition) is 1. The van der Waals surface area contributed by atoms with Crippen LogP contribution in [0.25, 0.3) is 0 Å². The SMILES string of the molecule is CSCCC(C)C(C)Br. The minimum atomic E-state index is 0.671. The molecule has 0 aromatic carbocycles. The van der Waals surface area contributed by atoms with Gasteiger partial charge in [-0.05, 0) is 24.3 Å². The minimum absolute atomic E-state index is 0.671. The Morgan fingerprint density at radius 2 is 2.00 bits per heavy atom. The van der Waals surface area contributed by atoms with Crippen LogP contribution in [0.5, 0.6) is 0 Å². The zero-order valence-corrected chi connectivity index (χ0v) is 8.76. The lowest BCUT2D eigenvalue weighted by molar-refractivity contribution is 0.569. The van der Waals surface area contributed by atoms with Crippen molar-refractivity contribution in [1.82, 2.24) is 0 Å². The van der Waals surface area contributed by atoms with Crippen LogP contribution in [0.2, 0.25) is 0 Å². The van der Waals surface area contributed by atoms with Crippen molar-refractivity contribution in [3.05, 3.63) is 0 Å². The summed E-state index contributed by atoms with van der Waals surface area (Å²) in [4.78, 5) is 0.671. The summed E-state index contributed by atoms with van der Waals surface area (Å²) in [7, 11) is 0. The van der Waals surface area contributed by atoms with Crippen molar-refractivity contribution in [1.29, 1.82) is 0 Å². The van der Waals surface area contributed by atoms with Gasteiger partial charge in [0.1, 0.15) is 0 Å². The number of hydrogen-bond donors (Lipinski definition) is 0. The number of thioether (sulfide) groups is 1. The normalized spacial score (nSPS) is 17.3. The van der Waals surface area contributed by atoms with Gasteiger partial charge in [0.05, 0.1) is 0 Å². The molecule has 0 saturated heterocycles. The first-order valence-electron chi connectivity index (χ1n) is 3.31. The Kier molecular flexibility index (Phi) is 6.12. The van der Waals surface area contributed by atoms with Crippen LogP contribution < -0.4 is 0 Å². The minimum Gasteiger partial charge on any atom is -0.165 e. The zero-order valence-electron chi connectivity index (χ0n) is 6.36. The van der Waals surface area contributed by atoms with E-state index in [0.29, 0.717) is 4.83 Å². The Bertz CT molecular complexity index is 63.9. The molecule has 0 bridgehead atoms. The Morgan fingerprint density at radius 3 is 2.33 bits per heavy atom. The maximum atomic E-state index is 3.56. The first-order chi connectivity index (χ1) is 4.18. The van der Waals surface area contributed by atoms with Crippen LogP contribution in [-0.2, 0) is 0 Å². The maximum absolute atomic E-state index is 3.56. The molecular formula is C7H15BrS. The summed E-state index contributed by atoms with van der Waals surface area (Å²) in [5.74, 6) is 2.11. The van der Waals surface area contributed by atoms with Gasteiger partial charge in [-0.1, -0.05) is 29.8 Å². The first-order valence-corrected chi connectivity index (χ1v) is 5.62. The summed E-state index contributed by atoms with van der Waals surface area (Å²) < 4.78 is 0. The highest BCUT2D eigenvalue weighted by Crippen LogP contribution is 2.16. The van der Waals surface area contributed by atoms with Gasteiger partial charge in [-0.3, -0.25) is 0 Å². The third-order valence-corrected chi connectivity index (χ3v) is 3.11. The summed E-state index contributed by atoms with van der Waals surface area (Å²) in [6, 6.07) is 0. The Hall–Kier alpha value is 0.830. The molecule has 0 aromatic rings. The van der Waals surface area contributed by atoms with Crippen molar-refractivity contribution in [2.75, 3.05) is 12.0 Å². The van der Waals surface area contributed by atoms with Gasteiger partial charge in [0, 0.05) is 4.83 Å². The van der Waals surface area contributed by atoms with Crippen molar-refractivity contribution in [2.24, 2.45) is 5.92 Å². The molecule has 0 N–H and O–H groups in total. The maximum Gasteiger partial charge on any atom is 0.0143 e. The van der Waals surface area contributed by atoms with Gasteiger partial charge in [0.15, 0.2) is 0 Å². The van der Waals surface area contributed by atoms with Crippen LogP contribution in [-0.4, -0.2) is 16.8 Å². The molecule has 0 rings (SSSR count). The molecule has 2 unspecified atom stereocenters. The molecule has 0 aromatic heterocycles. The lowest BCUT2D eigenvalue weighted by atomic mass is 10.1. The van der Waals surface area contributed by atoms with Gasteiger partial charge in [-0.2, -0.15) is 11.8 Å². The number of rotatable bonds is 4. The fourth-order valence-electron chi connectivity index (χ4n) is 0.533. The molecule has 0 amide bonds. The van der Waals surface area contributed by atoms with E-state index in [0.717, 1.165) is 5.92 Å². The van der Waals surface area contributed by atoms with Crippen molar-refractivity contribution < 1.29 is 0 Å². The molecular weight excluding hydrogens is 196 g/mol. The highest BCUT2D eigenvalue weighted by Gasteiger charge is 2.06. The van der Waals surface area contributed by atoms with Crippen LogP contribution in [0, 0.1) is 5.92 Å². The van der Waals surface area contributed by atoms with Gasteiger partial charge >= 0.3 is 0 Å². The topological polar surface area (TPSA) is 0 Å². The number of halogens is 1. The van der Waals surface area contributed by atoms with Crippen molar-refractivity contribution in [3.63, 3.8) is 0 Å². The Balaban J connectivity index is 3.16. The van der Waals surface area contributed by atoms with Crippen LogP contribution in [0.3, 0.4) is 0 Å². The molecule has 0 radical (unpaired) electrons. The molecule has 0 fully saturated rings. The summed E-state index contributed by atoms with van der Waals surface area (Å²) >= 11 is 5.49. The highest BCUT2D eigenvalue weighted by molar-refractivity contribution is 9.09. The van der Waals surface area contributed by atoms with E-state index in [1.165, 1.54) is 12.2 Å². The molecule has 0 aliphatic heterocycles. The molecule has 0 aliphatic rings. The summed E-state index contributed by atoms with van der Waals surface area (Å²) in [6.07, 6.45) is 3.49. The third kappa shape index (κ3) is 5.28. The van der Waals surface area contributed by atoms with Crippen LogP contribution in [0.1, 0.15) is 20.3 Å². The molecule has 2 atom stereocenters. The van der Waals surface area contributed by atoms with Crippen LogP contribution >= 0.6 is 27.7 Å². The van der Waals surface area contributed by atoms with Crippen LogP contribution in [0.15, 0.2) is 0 Å². The molecule has 0 aliphatic carbocycles. The fraction of sp³-hybridized carbons (Fsp3) is 1.00. The van der Waals surface area contributed by atoms with E-state index in [4.69, 9.17) is 0 Å². The lowest BCUT2D eigenvalue weighted by Crippen LogP contribution is -2.06. The van der Waals surface area contributed by atoms with Crippen molar-refractivity contribution >= 4 is 27.7 Å². The highest BCUT2D eigenvalue weighted by atomic mass is 79.9. The summed E-state index contributed by atoms with van der Waals surface area (Å²) in [5, 5.41) is 0. The van der Waals surface area contributed by atoms with Gasteiger partial charge < -0.3 is 0 Å². The molecule has 0 heterocycles. The van der Waals surface area contributed by atoms with Gasteiger partial charge in [0.2, 0.25) is 0 Å². The van der Waals surface area contributed by atoms with E-state index in [9.17, 15) is 0 Å². The third-order valence-electron chi connectivity index (χ3n) is 1.56. The molecule has 56 valence electrons. The smallest absolute Gasteiger partial charge is 0.0143 e. The molecule has 2 heteroatoms. The standard InChI is InChI=1S/C7H15BrS/c1-6(7(2)8)4-5-9-3/h6-7H,4-5H2,1-3H3. The van der Waals surface area contributed by atoms with E-state index in [1.54, 1.807) is 0 Å². The monoisotopic (exact) mass is 210 g/mol. The molecule has 0 spiro atoms. The zero-order chi connectivity index (χ0) is 7.28. The van der Waals surface area contributed by atoms with E-state index in [1.807, 2.05) is 11.8 Å². The first kappa shape index (κ1) is 9.83. The predicted molar refractivity (Wildman–Crippen MR) is 50.6 cm³/mol. The van der Waals surface area contributed by atoms with E-state index < -0.39 is 0 Å². The second kappa shape index (κ2) is 5.60. The van der Waals surface area contributed by atoms with Gasteiger partial charge in [0.25, 0.3) is 0 Å². The molecule has 0 saturated carbocycles. The Morgan fingerprint density at radius 1 is 1.44 bits per heavy atom. The molecule has 9 heavy (non-hydrogen) atoms. The van der Waals surface area contributed by atoms with Gasteiger partial charge in [-0.25, -0.2) is 0 Å². The summed E-state index contributed by atoms with van der Waals surface area (Å²) in [5.41, 5.74) is 0. The van der Waals surface area contributed by atoms with E-state index >= 15 is 0 Å².